The van der Waals surface area contributed by atoms with Crippen molar-refractivity contribution in [2.45, 2.75) is 26.3 Å². The van der Waals surface area contributed by atoms with Crippen LogP contribution in [0, 0.1) is 6.92 Å². The molecule has 0 unspecified atom stereocenters. The minimum Gasteiger partial charge on any atom is -0.395 e. The number of pyridine rings is 3. The number of anilines is 3. The molecule has 0 spiro atoms. The van der Waals surface area contributed by atoms with Crippen LogP contribution in [0.15, 0.2) is 42.7 Å². The standard InChI is InChI=1S/C25H28F2N6O3/c1-15-14-36-10-8-33(15)24-21(32-25(35)18-4-5-28-20(11-18)23(26)27)13-19(16(2)31-24)17-3-6-29-22(12-17)30-7-9-34/h3-6,11-13,15,23,34H,7-10,14H2,1-2H3,(H,29,30)(H,32,35)/t15-/m1/s1. The van der Waals surface area contributed by atoms with E-state index in [1.165, 1.54) is 12.3 Å². The molecule has 1 atom stereocenters. The van der Waals surface area contributed by atoms with Crippen LogP contribution in [0.3, 0.4) is 0 Å². The van der Waals surface area contributed by atoms with Crippen molar-refractivity contribution in [3.05, 3.63) is 59.7 Å². The van der Waals surface area contributed by atoms with Gasteiger partial charge in [-0.25, -0.2) is 18.7 Å². The van der Waals surface area contributed by atoms with Crippen molar-refractivity contribution in [3.63, 3.8) is 0 Å². The zero-order valence-corrected chi connectivity index (χ0v) is 20.0. The maximum atomic E-state index is 13.1. The molecule has 11 heteroatoms. The highest BCUT2D eigenvalue weighted by molar-refractivity contribution is 6.06. The van der Waals surface area contributed by atoms with Gasteiger partial charge in [-0.15, -0.1) is 0 Å². The van der Waals surface area contributed by atoms with Crippen molar-refractivity contribution in [1.82, 2.24) is 15.0 Å². The van der Waals surface area contributed by atoms with Gasteiger partial charge in [-0.1, -0.05) is 0 Å². The number of carbonyl (C=O) groups is 1. The lowest BCUT2D eigenvalue weighted by atomic mass is 10.0. The smallest absolute Gasteiger partial charge is 0.280 e. The number of rotatable bonds is 8. The lowest BCUT2D eigenvalue weighted by Crippen LogP contribution is -2.44. The number of halogens is 2. The van der Waals surface area contributed by atoms with Gasteiger partial charge in [0.1, 0.15) is 11.5 Å². The molecule has 0 aromatic carbocycles. The Morgan fingerprint density at radius 1 is 1.25 bits per heavy atom. The number of nitrogens with zero attached hydrogens (tertiary/aromatic N) is 4. The van der Waals surface area contributed by atoms with E-state index in [-0.39, 0.29) is 18.2 Å². The molecule has 1 aliphatic heterocycles. The van der Waals surface area contributed by atoms with Crippen molar-refractivity contribution >= 4 is 23.2 Å². The number of aliphatic hydroxyl groups is 1. The number of morpholine rings is 1. The Hall–Kier alpha value is -3.70. The summed E-state index contributed by atoms with van der Waals surface area (Å²) in [5.74, 6) is 0.628. The normalized spacial score (nSPS) is 15.7. The molecule has 3 aromatic heterocycles. The second kappa shape index (κ2) is 11.4. The van der Waals surface area contributed by atoms with Gasteiger partial charge in [0.15, 0.2) is 5.82 Å². The quantitative estimate of drug-likeness (QED) is 0.431. The third-order valence-electron chi connectivity index (χ3n) is 5.84. The Kier molecular flexibility index (Phi) is 8.01. The molecule has 0 saturated carbocycles. The molecule has 1 aliphatic rings. The van der Waals surface area contributed by atoms with Crippen LogP contribution in [0.25, 0.3) is 11.1 Å². The van der Waals surface area contributed by atoms with E-state index in [1.54, 1.807) is 6.20 Å². The van der Waals surface area contributed by atoms with Crippen molar-refractivity contribution in [1.29, 1.82) is 0 Å². The average molecular weight is 499 g/mol. The summed E-state index contributed by atoms with van der Waals surface area (Å²) in [4.78, 5) is 27.9. The van der Waals surface area contributed by atoms with E-state index in [0.717, 1.165) is 22.9 Å². The Morgan fingerprint density at radius 3 is 2.81 bits per heavy atom. The number of aromatic nitrogens is 3. The number of amides is 1. The lowest BCUT2D eigenvalue weighted by molar-refractivity contribution is 0.0985. The van der Waals surface area contributed by atoms with Gasteiger partial charge in [-0.3, -0.25) is 9.78 Å². The average Bonchev–Trinajstić information content (AvgIpc) is 2.89. The summed E-state index contributed by atoms with van der Waals surface area (Å²) in [6, 6.07) is 7.99. The first-order valence-electron chi connectivity index (χ1n) is 11.6. The predicted octanol–water partition coefficient (Wildman–Crippen LogP) is 3.67. The molecule has 190 valence electrons. The van der Waals surface area contributed by atoms with Crippen LogP contribution in [0.1, 0.15) is 35.1 Å². The second-order valence-electron chi connectivity index (χ2n) is 8.41. The van der Waals surface area contributed by atoms with Gasteiger partial charge in [0.05, 0.1) is 31.5 Å². The summed E-state index contributed by atoms with van der Waals surface area (Å²) in [6.07, 6.45) is 0.0569. The maximum Gasteiger partial charge on any atom is 0.280 e. The number of hydrogen-bond acceptors (Lipinski definition) is 8. The first-order chi connectivity index (χ1) is 17.4. The molecule has 1 amide bonds. The highest BCUT2D eigenvalue weighted by atomic mass is 19.3. The van der Waals surface area contributed by atoms with Crippen LogP contribution in [0.4, 0.5) is 26.1 Å². The number of nitrogens with one attached hydrogen (secondary N) is 2. The number of ether oxygens (including phenoxy) is 1. The van der Waals surface area contributed by atoms with Gasteiger partial charge in [-0.2, -0.15) is 0 Å². The van der Waals surface area contributed by atoms with Crippen LogP contribution in [0.2, 0.25) is 0 Å². The summed E-state index contributed by atoms with van der Waals surface area (Å²) >= 11 is 0. The lowest BCUT2D eigenvalue weighted by Gasteiger charge is -2.35. The molecule has 9 nitrogen and oxygen atoms in total. The van der Waals surface area contributed by atoms with E-state index in [4.69, 9.17) is 14.8 Å². The van der Waals surface area contributed by atoms with Gasteiger partial charge in [-0.05, 0) is 49.7 Å². The van der Waals surface area contributed by atoms with Crippen LogP contribution >= 0.6 is 0 Å². The minimum atomic E-state index is -2.78. The number of hydrogen-bond donors (Lipinski definition) is 3. The summed E-state index contributed by atoms with van der Waals surface area (Å²) in [5, 5.41) is 15.0. The highest BCUT2D eigenvalue weighted by Gasteiger charge is 2.25. The second-order valence-corrected chi connectivity index (χ2v) is 8.41. The molecule has 0 aliphatic carbocycles. The van der Waals surface area contributed by atoms with E-state index >= 15 is 0 Å². The predicted molar refractivity (Wildman–Crippen MR) is 133 cm³/mol. The van der Waals surface area contributed by atoms with E-state index in [2.05, 4.69) is 25.5 Å². The monoisotopic (exact) mass is 498 g/mol. The van der Waals surface area contributed by atoms with E-state index in [1.807, 2.05) is 32.0 Å². The van der Waals surface area contributed by atoms with Crippen LogP contribution in [0.5, 0.6) is 0 Å². The van der Waals surface area contributed by atoms with E-state index in [9.17, 15) is 13.6 Å². The topological polar surface area (TPSA) is 112 Å². The van der Waals surface area contributed by atoms with Crippen molar-refractivity contribution in [3.8, 4) is 11.1 Å². The maximum absolute atomic E-state index is 13.1. The molecule has 4 rings (SSSR count). The first kappa shape index (κ1) is 25.4. The van der Waals surface area contributed by atoms with Gasteiger partial charge >= 0.3 is 0 Å². The van der Waals surface area contributed by atoms with Crippen LogP contribution in [-0.2, 0) is 4.74 Å². The zero-order valence-electron chi connectivity index (χ0n) is 20.0. The molecular formula is C25H28F2N6O3. The third kappa shape index (κ3) is 5.74. The molecule has 36 heavy (non-hydrogen) atoms. The van der Waals surface area contributed by atoms with Crippen molar-refractivity contribution in [2.75, 3.05) is 48.4 Å². The molecule has 3 aromatic rings. The molecule has 0 radical (unpaired) electrons. The Morgan fingerprint density at radius 2 is 2.06 bits per heavy atom. The van der Waals surface area contributed by atoms with Gasteiger partial charge in [0.25, 0.3) is 12.3 Å². The fourth-order valence-electron chi connectivity index (χ4n) is 4.02. The van der Waals surface area contributed by atoms with E-state index in [0.29, 0.717) is 43.6 Å². The Labute approximate surface area is 207 Å². The van der Waals surface area contributed by atoms with Crippen LogP contribution < -0.4 is 15.5 Å². The SMILES string of the molecule is Cc1nc(N2CCOC[C@H]2C)c(NC(=O)c2ccnc(C(F)F)c2)cc1-c1ccnc(NCCO)c1. The number of carbonyl (C=O) groups excluding carboxylic acids is 1. The summed E-state index contributed by atoms with van der Waals surface area (Å²) in [5.41, 5.74) is 2.38. The molecule has 3 N–H and O–H groups in total. The van der Waals surface area contributed by atoms with E-state index < -0.39 is 18.0 Å². The zero-order chi connectivity index (χ0) is 25.7. The Bertz CT molecular complexity index is 1230. The van der Waals surface area contributed by atoms with Gasteiger partial charge in [0.2, 0.25) is 0 Å². The molecule has 1 saturated heterocycles. The summed E-state index contributed by atoms with van der Waals surface area (Å²) in [6.45, 7) is 5.84. The van der Waals surface area contributed by atoms with Crippen LogP contribution in [-0.4, -0.2) is 64.9 Å². The number of aliphatic hydroxyl groups excluding tert-OH is 1. The first-order valence-corrected chi connectivity index (χ1v) is 11.6. The fourth-order valence-corrected chi connectivity index (χ4v) is 4.02. The van der Waals surface area contributed by atoms with Gasteiger partial charge in [0, 0.05) is 42.3 Å². The molecule has 4 heterocycles. The summed E-state index contributed by atoms with van der Waals surface area (Å²) < 4.78 is 31.8. The highest BCUT2D eigenvalue weighted by Crippen LogP contribution is 2.34. The summed E-state index contributed by atoms with van der Waals surface area (Å²) in [7, 11) is 0. The number of aryl methyl sites for hydroxylation is 1. The molecule has 0 bridgehead atoms. The Balaban J connectivity index is 1.75. The molecular weight excluding hydrogens is 470 g/mol. The third-order valence-corrected chi connectivity index (χ3v) is 5.84. The number of alkyl halides is 2. The minimum absolute atomic E-state index is 0.0220. The largest absolute Gasteiger partial charge is 0.395 e. The van der Waals surface area contributed by atoms with Gasteiger partial charge < -0.3 is 25.4 Å². The van der Waals surface area contributed by atoms with Crippen molar-refractivity contribution in [2.24, 2.45) is 0 Å². The fraction of sp³-hybridized carbons (Fsp3) is 0.360. The molecule has 1 fully saturated rings. The van der Waals surface area contributed by atoms with Crippen molar-refractivity contribution < 1.29 is 23.4 Å².